The summed E-state index contributed by atoms with van der Waals surface area (Å²) in [6.07, 6.45) is 4.50. The smallest absolute Gasteiger partial charge is 0.253 e. The summed E-state index contributed by atoms with van der Waals surface area (Å²) in [5.74, 6) is 0.467. The molecule has 0 saturated heterocycles. The minimum absolute atomic E-state index is 0.112. The van der Waals surface area contributed by atoms with Crippen molar-refractivity contribution in [2.45, 2.75) is 24.3 Å². The second-order valence-corrected chi connectivity index (χ2v) is 8.15. The molecular formula is C23H22ClN3O2S. The third-order valence-electron chi connectivity index (χ3n) is 4.25. The van der Waals surface area contributed by atoms with Gasteiger partial charge in [0.15, 0.2) is 0 Å². The van der Waals surface area contributed by atoms with Gasteiger partial charge in [0.25, 0.3) is 5.91 Å². The fourth-order valence-corrected chi connectivity index (χ4v) is 3.72. The van der Waals surface area contributed by atoms with Gasteiger partial charge in [0, 0.05) is 35.3 Å². The van der Waals surface area contributed by atoms with Crippen molar-refractivity contribution in [3.05, 3.63) is 89.2 Å². The van der Waals surface area contributed by atoms with E-state index in [1.807, 2.05) is 36.4 Å². The molecule has 2 N–H and O–H groups in total. The van der Waals surface area contributed by atoms with E-state index in [-0.39, 0.29) is 11.8 Å². The molecule has 3 aromatic rings. The van der Waals surface area contributed by atoms with Gasteiger partial charge in [-0.2, -0.15) is 0 Å². The predicted molar refractivity (Wildman–Crippen MR) is 122 cm³/mol. The lowest BCUT2D eigenvalue weighted by Crippen LogP contribution is -2.24. The van der Waals surface area contributed by atoms with Crippen LogP contribution in [0.4, 0.5) is 5.69 Å². The van der Waals surface area contributed by atoms with Gasteiger partial charge in [-0.25, -0.2) is 0 Å². The number of anilines is 1. The maximum Gasteiger partial charge on any atom is 0.253 e. The van der Waals surface area contributed by atoms with Crippen LogP contribution in [0.25, 0.3) is 0 Å². The summed E-state index contributed by atoms with van der Waals surface area (Å²) in [5.41, 5.74) is 1.85. The number of carbonyl (C=O) groups excluding carboxylic acids is 2. The van der Waals surface area contributed by atoms with Crippen LogP contribution in [0.1, 0.15) is 28.8 Å². The molecule has 154 valence electrons. The van der Waals surface area contributed by atoms with E-state index in [1.165, 1.54) is 0 Å². The summed E-state index contributed by atoms with van der Waals surface area (Å²) in [7, 11) is 0. The highest BCUT2D eigenvalue weighted by Gasteiger charge is 2.13. The minimum atomic E-state index is -0.243. The van der Waals surface area contributed by atoms with Crippen LogP contribution >= 0.6 is 23.4 Å². The molecule has 0 saturated carbocycles. The molecule has 30 heavy (non-hydrogen) atoms. The van der Waals surface area contributed by atoms with Gasteiger partial charge in [-0.05, 0) is 60.2 Å². The van der Waals surface area contributed by atoms with Gasteiger partial charge in [-0.15, -0.1) is 11.8 Å². The van der Waals surface area contributed by atoms with Crippen molar-refractivity contribution < 1.29 is 9.59 Å². The zero-order valence-electron chi connectivity index (χ0n) is 16.3. The zero-order chi connectivity index (χ0) is 21.2. The quantitative estimate of drug-likeness (QED) is 0.356. The van der Waals surface area contributed by atoms with Gasteiger partial charge in [-0.1, -0.05) is 29.8 Å². The van der Waals surface area contributed by atoms with Gasteiger partial charge in [0.1, 0.15) is 0 Å². The van der Waals surface area contributed by atoms with Crippen molar-refractivity contribution in [3.63, 3.8) is 0 Å². The number of amides is 2. The number of nitrogens with one attached hydrogen (secondary N) is 2. The molecular weight excluding hydrogens is 418 g/mol. The van der Waals surface area contributed by atoms with E-state index >= 15 is 0 Å². The molecule has 5 nitrogen and oxygen atoms in total. The number of halogens is 1. The highest BCUT2D eigenvalue weighted by atomic mass is 35.5. The number of para-hydroxylation sites is 1. The molecule has 3 rings (SSSR count). The summed E-state index contributed by atoms with van der Waals surface area (Å²) >= 11 is 7.57. The molecule has 0 unspecified atom stereocenters. The first-order valence-electron chi connectivity index (χ1n) is 9.56. The molecule has 0 spiro atoms. The predicted octanol–water partition coefficient (Wildman–Crippen LogP) is 5.18. The largest absolute Gasteiger partial charge is 0.348 e. The Labute approximate surface area is 185 Å². The summed E-state index contributed by atoms with van der Waals surface area (Å²) in [6, 6.07) is 18.4. The molecule has 0 atom stereocenters. The molecule has 0 aliphatic rings. The van der Waals surface area contributed by atoms with Gasteiger partial charge >= 0.3 is 0 Å². The van der Waals surface area contributed by atoms with Crippen LogP contribution in [-0.4, -0.2) is 22.6 Å². The van der Waals surface area contributed by atoms with Crippen LogP contribution in [0.2, 0.25) is 5.02 Å². The molecule has 0 radical (unpaired) electrons. The highest BCUT2D eigenvalue weighted by Crippen LogP contribution is 2.22. The summed E-state index contributed by atoms with van der Waals surface area (Å²) in [4.78, 5) is 30.1. The van der Waals surface area contributed by atoms with Crippen molar-refractivity contribution in [2.75, 3.05) is 11.1 Å². The van der Waals surface area contributed by atoms with Crippen molar-refractivity contribution in [3.8, 4) is 0 Å². The second-order valence-electron chi connectivity index (χ2n) is 6.54. The maximum absolute atomic E-state index is 12.6. The minimum Gasteiger partial charge on any atom is -0.348 e. The molecule has 0 bridgehead atoms. The molecule has 0 aliphatic heterocycles. The van der Waals surface area contributed by atoms with Crippen molar-refractivity contribution in [1.82, 2.24) is 10.3 Å². The van der Waals surface area contributed by atoms with E-state index in [1.54, 1.807) is 48.4 Å². The van der Waals surface area contributed by atoms with Gasteiger partial charge in [0.2, 0.25) is 5.91 Å². The Bertz CT molecular complexity index is 981. The number of pyridine rings is 1. The number of aromatic nitrogens is 1. The summed E-state index contributed by atoms with van der Waals surface area (Å²) < 4.78 is 0. The fraction of sp³-hybridized carbons (Fsp3) is 0.174. The zero-order valence-corrected chi connectivity index (χ0v) is 17.9. The Morgan fingerprint density at radius 2 is 1.80 bits per heavy atom. The van der Waals surface area contributed by atoms with Crippen LogP contribution in [-0.2, 0) is 11.3 Å². The topological polar surface area (TPSA) is 71.1 Å². The van der Waals surface area contributed by atoms with E-state index in [2.05, 4.69) is 15.6 Å². The molecule has 2 amide bonds. The average molecular weight is 440 g/mol. The van der Waals surface area contributed by atoms with E-state index in [0.29, 0.717) is 29.2 Å². The number of hydrogen-bond donors (Lipinski definition) is 2. The fourth-order valence-electron chi connectivity index (χ4n) is 2.74. The first-order valence-corrected chi connectivity index (χ1v) is 10.9. The SMILES string of the molecule is O=C(CCCSc1ccc(Cl)cc1)Nc1ccccc1C(=O)NCc1cccnc1. The lowest BCUT2D eigenvalue weighted by atomic mass is 10.1. The molecule has 7 heteroatoms. The van der Waals surface area contributed by atoms with E-state index in [0.717, 1.165) is 22.6 Å². The summed E-state index contributed by atoms with van der Waals surface area (Å²) in [5, 5.41) is 6.43. The first-order chi connectivity index (χ1) is 14.6. The van der Waals surface area contributed by atoms with Gasteiger partial charge in [-0.3, -0.25) is 14.6 Å². The normalized spacial score (nSPS) is 10.4. The Balaban J connectivity index is 1.47. The maximum atomic E-state index is 12.6. The van der Waals surface area contributed by atoms with Crippen LogP contribution in [0, 0.1) is 0 Å². The number of benzene rings is 2. The van der Waals surface area contributed by atoms with Gasteiger partial charge < -0.3 is 10.6 Å². The number of thioether (sulfide) groups is 1. The van der Waals surface area contributed by atoms with Crippen LogP contribution in [0.3, 0.4) is 0 Å². The summed E-state index contributed by atoms with van der Waals surface area (Å²) in [6.45, 7) is 0.372. The van der Waals surface area contributed by atoms with Gasteiger partial charge in [0.05, 0.1) is 11.3 Å². The van der Waals surface area contributed by atoms with E-state index in [4.69, 9.17) is 11.6 Å². The molecule has 0 aliphatic carbocycles. The molecule has 1 heterocycles. The highest BCUT2D eigenvalue weighted by molar-refractivity contribution is 7.99. The third kappa shape index (κ3) is 6.90. The second kappa shape index (κ2) is 11.4. The average Bonchev–Trinajstić information content (AvgIpc) is 2.77. The first kappa shape index (κ1) is 21.9. The standard InChI is InChI=1S/C23H22ClN3O2S/c24-18-9-11-19(12-10-18)30-14-4-8-22(28)27-21-7-2-1-6-20(21)23(29)26-16-17-5-3-13-25-15-17/h1-3,5-7,9-13,15H,4,8,14,16H2,(H,26,29)(H,27,28). The van der Waals surface area contributed by atoms with E-state index < -0.39 is 0 Å². The number of rotatable bonds is 9. The van der Waals surface area contributed by atoms with Crippen LogP contribution < -0.4 is 10.6 Å². The Kier molecular flexibility index (Phi) is 8.30. The molecule has 0 fully saturated rings. The number of hydrogen-bond acceptors (Lipinski definition) is 4. The van der Waals surface area contributed by atoms with Crippen molar-refractivity contribution in [2.24, 2.45) is 0 Å². The van der Waals surface area contributed by atoms with Crippen LogP contribution in [0.5, 0.6) is 0 Å². The van der Waals surface area contributed by atoms with Crippen molar-refractivity contribution in [1.29, 1.82) is 0 Å². The monoisotopic (exact) mass is 439 g/mol. The Morgan fingerprint density at radius 1 is 1.00 bits per heavy atom. The third-order valence-corrected chi connectivity index (χ3v) is 5.60. The van der Waals surface area contributed by atoms with E-state index in [9.17, 15) is 9.59 Å². The van der Waals surface area contributed by atoms with Crippen LogP contribution in [0.15, 0.2) is 78.0 Å². The number of carbonyl (C=O) groups is 2. The number of nitrogens with zero attached hydrogens (tertiary/aromatic N) is 1. The van der Waals surface area contributed by atoms with Crippen molar-refractivity contribution >= 4 is 40.9 Å². The molecule has 2 aromatic carbocycles. The lowest BCUT2D eigenvalue weighted by molar-refractivity contribution is -0.116. The lowest BCUT2D eigenvalue weighted by Gasteiger charge is -2.11. The molecule has 1 aromatic heterocycles. The Hall–Kier alpha value is -2.83. The Morgan fingerprint density at radius 3 is 2.57 bits per heavy atom.